The van der Waals surface area contributed by atoms with Crippen LogP contribution < -0.4 is 4.90 Å². The van der Waals surface area contributed by atoms with E-state index in [-0.39, 0.29) is 7.21 Å². The van der Waals surface area contributed by atoms with E-state index in [1.807, 2.05) is 25.1 Å². The van der Waals surface area contributed by atoms with Gasteiger partial charge in [-0.15, -0.1) is 0 Å². The van der Waals surface area contributed by atoms with Crippen molar-refractivity contribution in [2.75, 3.05) is 37.6 Å². The summed E-state index contributed by atoms with van der Waals surface area (Å²) in [5, 5.41) is 0. The van der Waals surface area contributed by atoms with E-state index < -0.39 is 0 Å². The number of rotatable bonds is 4. The molecule has 0 aliphatic carbocycles. The van der Waals surface area contributed by atoms with Gasteiger partial charge >= 0.3 is 0 Å². The van der Waals surface area contributed by atoms with Crippen LogP contribution in [-0.2, 0) is 0 Å². The first-order valence-corrected chi connectivity index (χ1v) is 8.59. The Labute approximate surface area is 144 Å². The van der Waals surface area contributed by atoms with Crippen molar-refractivity contribution < 1.29 is 6.22 Å². The second kappa shape index (κ2) is 7.53. The van der Waals surface area contributed by atoms with Crippen molar-refractivity contribution in [3.05, 3.63) is 53.5 Å². The number of aryl methyl sites for hydroxylation is 1. The lowest BCUT2D eigenvalue weighted by Crippen LogP contribution is -2.31. The summed E-state index contributed by atoms with van der Waals surface area (Å²) in [5.74, 6) is 0.827. The van der Waals surface area contributed by atoms with E-state index in [9.17, 15) is 4.79 Å². The predicted octanol–water partition coefficient (Wildman–Crippen LogP) is 2.79. The Morgan fingerprint density at radius 3 is 2.83 bits per heavy atom. The second-order valence-electron chi connectivity index (χ2n) is 6.12. The van der Waals surface area contributed by atoms with Crippen LogP contribution in [0.4, 0.5) is 5.82 Å². The molecule has 1 aliphatic rings. The molecule has 3 rings (SSSR count). The minimum atomic E-state index is -0.0625. The highest BCUT2D eigenvalue weighted by Gasteiger charge is 2.18. The van der Waals surface area contributed by atoms with E-state index in [2.05, 4.69) is 26.7 Å². The van der Waals surface area contributed by atoms with E-state index in [0.717, 1.165) is 50.7 Å². The van der Waals surface area contributed by atoms with Crippen LogP contribution in [0.1, 0.15) is 36.5 Å². The van der Waals surface area contributed by atoms with Gasteiger partial charge in [0.05, 0.1) is 0 Å². The molecule has 0 N–H and O–H groups in total. The van der Waals surface area contributed by atoms with Crippen LogP contribution in [0, 0.1) is 6.92 Å². The van der Waals surface area contributed by atoms with E-state index in [1.165, 1.54) is 0 Å². The standard InChI is InChI=1S/C19H24N4O.H2/c1-3-22-11-6-12-23(14-13-22)18-9-4-8-17(21-18)19(24)16-7-5-10-20-15(16)2;/h4-5,7-10H,3,6,11-14H2,1-2H3;1H. The number of pyridine rings is 2. The second-order valence-corrected chi connectivity index (χ2v) is 6.12. The topological polar surface area (TPSA) is 49.3 Å². The number of carbonyl (C=O) groups excluding carboxylic acids is 1. The van der Waals surface area contributed by atoms with Gasteiger partial charge in [0.25, 0.3) is 0 Å². The van der Waals surface area contributed by atoms with E-state index in [4.69, 9.17) is 0 Å². The van der Waals surface area contributed by atoms with Gasteiger partial charge in [-0.1, -0.05) is 13.0 Å². The summed E-state index contributed by atoms with van der Waals surface area (Å²) in [5.41, 5.74) is 1.85. The molecule has 0 amide bonds. The summed E-state index contributed by atoms with van der Waals surface area (Å²) in [6, 6.07) is 9.30. The third kappa shape index (κ3) is 3.62. The van der Waals surface area contributed by atoms with Crippen molar-refractivity contribution in [3.63, 3.8) is 0 Å². The Morgan fingerprint density at radius 1 is 1.17 bits per heavy atom. The number of likely N-dealkylation sites (N-methyl/N-ethyl adjacent to an activating group) is 1. The van der Waals surface area contributed by atoms with Gasteiger partial charge in [-0.2, -0.15) is 0 Å². The molecule has 1 fully saturated rings. The number of nitrogens with zero attached hydrogens (tertiary/aromatic N) is 4. The zero-order valence-corrected chi connectivity index (χ0v) is 14.4. The molecule has 0 aromatic carbocycles. The minimum absolute atomic E-state index is 0. The Kier molecular flexibility index (Phi) is 5.20. The molecule has 0 bridgehead atoms. The van der Waals surface area contributed by atoms with Crippen molar-refractivity contribution in [2.24, 2.45) is 0 Å². The molecule has 0 spiro atoms. The Bertz CT molecular complexity index is 722. The fourth-order valence-corrected chi connectivity index (χ4v) is 3.10. The highest BCUT2D eigenvalue weighted by molar-refractivity contribution is 6.08. The summed E-state index contributed by atoms with van der Waals surface area (Å²) in [4.78, 5) is 26.3. The number of ketones is 1. The first-order chi connectivity index (χ1) is 11.7. The largest absolute Gasteiger partial charge is 0.355 e. The van der Waals surface area contributed by atoms with Gasteiger partial charge in [-0.05, 0) is 50.7 Å². The summed E-state index contributed by atoms with van der Waals surface area (Å²) < 4.78 is 0. The molecular weight excluding hydrogens is 300 g/mol. The molecule has 5 heteroatoms. The fourth-order valence-electron chi connectivity index (χ4n) is 3.10. The third-order valence-electron chi connectivity index (χ3n) is 4.58. The van der Waals surface area contributed by atoms with Crippen LogP contribution >= 0.6 is 0 Å². The highest BCUT2D eigenvalue weighted by Crippen LogP contribution is 2.17. The van der Waals surface area contributed by atoms with Crippen LogP contribution in [0.3, 0.4) is 0 Å². The molecule has 0 unspecified atom stereocenters. The van der Waals surface area contributed by atoms with Gasteiger partial charge in [-0.25, -0.2) is 4.98 Å². The number of anilines is 1. The fraction of sp³-hybridized carbons (Fsp3) is 0.421. The van der Waals surface area contributed by atoms with Crippen LogP contribution in [0.15, 0.2) is 36.5 Å². The Hall–Kier alpha value is -2.27. The van der Waals surface area contributed by atoms with Gasteiger partial charge in [0.1, 0.15) is 11.5 Å². The summed E-state index contributed by atoms with van der Waals surface area (Å²) in [6.07, 6.45) is 2.82. The molecule has 2 aromatic heterocycles. The van der Waals surface area contributed by atoms with Crippen molar-refractivity contribution >= 4 is 11.6 Å². The molecule has 3 heterocycles. The van der Waals surface area contributed by atoms with Gasteiger partial charge in [-0.3, -0.25) is 9.78 Å². The van der Waals surface area contributed by atoms with Gasteiger partial charge in [0.15, 0.2) is 0 Å². The van der Waals surface area contributed by atoms with Gasteiger partial charge < -0.3 is 9.80 Å². The average molecular weight is 326 g/mol. The highest BCUT2D eigenvalue weighted by atomic mass is 16.1. The first kappa shape index (κ1) is 16.6. The summed E-state index contributed by atoms with van der Waals surface area (Å²) in [7, 11) is 0. The molecular formula is C19H26N4O. The number of hydrogen-bond acceptors (Lipinski definition) is 5. The molecule has 1 aliphatic heterocycles. The molecule has 24 heavy (non-hydrogen) atoms. The van der Waals surface area contributed by atoms with Crippen molar-refractivity contribution in [3.8, 4) is 0 Å². The maximum absolute atomic E-state index is 12.7. The molecule has 0 radical (unpaired) electrons. The smallest absolute Gasteiger partial charge is 0.213 e. The van der Waals surface area contributed by atoms with Crippen LogP contribution in [0.25, 0.3) is 0 Å². The Morgan fingerprint density at radius 2 is 2.04 bits per heavy atom. The number of carbonyl (C=O) groups is 1. The maximum atomic E-state index is 12.7. The molecule has 128 valence electrons. The van der Waals surface area contributed by atoms with Crippen LogP contribution in [-0.4, -0.2) is 53.4 Å². The monoisotopic (exact) mass is 326 g/mol. The molecule has 0 saturated carbocycles. The van der Waals surface area contributed by atoms with Crippen LogP contribution in [0.2, 0.25) is 0 Å². The van der Waals surface area contributed by atoms with Crippen molar-refractivity contribution in [2.45, 2.75) is 20.3 Å². The van der Waals surface area contributed by atoms with E-state index in [0.29, 0.717) is 11.3 Å². The zero-order valence-electron chi connectivity index (χ0n) is 14.4. The van der Waals surface area contributed by atoms with Crippen molar-refractivity contribution in [1.82, 2.24) is 14.9 Å². The third-order valence-corrected chi connectivity index (χ3v) is 4.58. The normalized spacial score (nSPS) is 16.0. The molecule has 5 nitrogen and oxygen atoms in total. The lowest BCUT2D eigenvalue weighted by atomic mass is 10.1. The summed E-state index contributed by atoms with van der Waals surface area (Å²) >= 11 is 0. The lowest BCUT2D eigenvalue weighted by molar-refractivity contribution is 0.103. The lowest BCUT2D eigenvalue weighted by Gasteiger charge is -2.22. The summed E-state index contributed by atoms with van der Waals surface area (Å²) in [6.45, 7) is 9.23. The molecule has 0 atom stereocenters. The van der Waals surface area contributed by atoms with E-state index >= 15 is 0 Å². The quantitative estimate of drug-likeness (QED) is 0.809. The van der Waals surface area contributed by atoms with Crippen LogP contribution in [0.5, 0.6) is 0 Å². The molecule has 2 aromatic rings. The average Bonchev–Trinajstić information content (AvgIpc) is 2.87. The zero-order chi connectivity index (χ0) is 16.9. The Balaban J connectivity index is 0.00000225. The molecule has 1 saturated heterocycles. The SMILES string of the molecule is CCN1CCCN(c2cccc(C(=O)c3cccnc3C)n2)CC1.[HH]. The van der Waals surface area contributed by atoms with Gasteiger partial charge in [0, 0.05) is 38.5 Å². The number of hydrogen-bond donors (Lipinski definition) is 0. The van der Waals surface area contributed by atoms with Gasteiger partial charge in [0.2, 0.25) is 5.78 Å². The first-order valence-electron chi connectivity index (χ1n) is 8.59. The number of aromatic nitrogens is 2. The maximum Gasteiger partial charge on any atom is 0.213 e. The minimum Gasteiger partial charge on any atom is -0.355 e. The van der Waals surface area contributed by atoms with Crippen molar-refractivity contribution in [1.29, 1.82) is 0 Å². The van der Waals surface area contributed by atoms with E-state index in [1.54, 1.807) is 18.3 Å². The predicted molar refractivity (Wildman–Crippen MR) is 97.7 cm³/mol.